The summed E-state index contributed by atoms with van der Waals surface area (Å²) in [4.78, 5) is 11.3. The van der Waals surface area contributed by atoms with E-state index in [1.54, 1.807) is 6.08 Å². The van der Waals surface area contributed by atoms with Crippen molar-refractivity contribution in [3.63, 3.8) is 0 Å². The van der Waals surface area contributed by atoms with Crippen LogP contribution in [0.3, 0.4) is 0 Å². The first kappa shape index (κ1) is 15.7. The number of aldehydes is 1. The van der Waals surface area contributed by atoms with Crippen LogP contribution in [0.5, 0.6) is 0 Å². The third-order valence-corrected chi connectivity index (χ3v) is 5.08. The van der Waals surface area contributed by atoms with Crippen LogP contribution in [-0.4, -0.2) is 25.2 Å². The second-order valence-corrected chi connectivity index (χ2v) is 6.75. The van der Waals surface area contributed by atoms with E-state index in [0.29, 0.717) is 24.5 Å². The Kier molecular flexibility index (Phi) is 4.65. The first-order chi connectivity index (χ1) is 10.6. The fraction of sp³-hybridized carbons (Fsp3) is 0.722. The SMILES string of the molecule is CCOC1=C(C2=CC[C@H](F)C[C@@H]2F)[C@@H](C2CC2)C[C@@H](C=O)C1. The maximum absolute atomic E-state index is 14.5. The van der Waals surface area contributed by atoms with Gasteiger partial charge in [-0.25, -0.2) is 8.78 Å². The van der Waals surface area contributed by atoms with E-state index in [1.165, 1.54) is 0 Å². The number of allylic oxidation sites excluding steroid dienone is 4. The molecule has 22 heavy (non-hydrogen) atoms. The van der Waals surface area contributed by atoms with E-state index in [0.717, 1.165) is 36.9 Å². The largest absolute Gasteiger partial charge is 0.498 e. The second kappa shape index (κ2) is 6.51. The van der Waals surface area contributed by atoms with E-state index < -0.39 is 12.3 Å². The monoisotopic (exact) mass is 310 g/mol. The van der Waals surface area contributed by atoms with Gasteiger partial charge in [0, 0.05) is 18.8 Å². The van der Waals surface area contributed by atoms with Crippen LogP contribution in [0.2, 0.25) is 0 Å². The van der Waals surface area contributed by atoms with E-state index in [4.69, 9.17) is 4.74 Å². The molecule has 0 aliphatic heterocycles. The molecule has 122 valence electrons. The number of carbonyl (C=O) groups is 1. The summed E-state index contributed by atoms with van der Waals surface area (Å²) in [6.45, 7) is 2.42. The Hall–Kier alpha value is -1.19. The first-order valence-corrected chi connectivity index (χ1v) is 8.43. The summed E-state index contributed by atoms with van der Waals surface area (Å²) in [5.74, 6) is 1.47. The standard InChI is InChI=1S/C18H24F2O2/c1-2-22-17-8-11(10-21)7-15(12-3-4-12)18(17)14-6-5-13(19)9-16(14)20/h6,10-13,15-16H,2-5,7-9H2,1H3/t11-,13+,15-,16+/m1/s1. The molecular formula is C18H24F2O2. The van der Waals surface area contributed by atoms with E-state index >= 15 is 0 Å². The van der Waals surface area contributed by atoms with Crippen LogP contribution in [0, 0.1) is 17.8 Å². The fourth-order valence-corrected chi connectivity index (χ4v) is 3.91. The molecule has 0 aromatic carbocycles. The fourth-order valence-electron chi connectivity index (χ4n) is 3.91. The predicted octanol–water partition coefficient (Wildman–Crippen LogP) is 4.31. The molecule has 2 nitrogen and oxygen atoms in total. The van der Waals surface area contributed by atoms with Gasteiger partial charge in [-0.2, -0.15) is 0 Å². The molecule has 1 fully saturated rings. The van der Waals surface area contributed by atoms with Gasteiger partial charge in [-0.3, -0.25) is 0 Å². The van der Waals surface area contributed by atoms with Gasteiger partial charge < -0.3 is 9.53 Å². The summed E-state index contributed by atoms with van der Waals surface area (Å²) in [6, 6.07) is 0. The molecule has 4 atom stereocenters. The Bertz CT molecular complexity index is 493. The quantitative estimate of drug-likeness (QED) is 0.707. The number of carbonyl (C=O) groups excluding carboxylic acids is 1. The first-order valence-electron chi connectivity index (χ1n) is 8.43. The number of ether oxygens (including phenoxy) is 1. The molecule has 3 rings (SSSR count). The average molecular weight is 310 g/mol. The number of hydrogen-bond acceptors (Lipinski definition) is 2. The van der Waals surface area contributed by atoms with Gasteiger partial charge in [0.05, 0.1) is 6.61 Å². The van der Waals surface area contributed by atoms with Crippen LogP contribution < -0.4 is 0 Å². The molecule has 4 heteroatoms. The van der Waals surface area contributed by atoms with E-state index in [1.807, 2.05) is 6.92 Å². The summed E-state index contributed by atoms with van der Waals surface area (Å²) in [5.41, 5.74) is 1.60. The molecule has 0 bridgehead atoms. The zero-order chi connectivity index (χ0) is 15.7. The highest BCUT2D eigenvalue weighted by molar-refractivity contribution is 5.56. The van der Waals surface area contributed by atoms with Crippen LogP contribution in [0.15, 0.2) is 23.0 Å². The minimum Gasteiger partial charge on any atom is -0.498 e. The molecule has 0 heterocycles. The summed E-state index contributed by atoms with van der Waals surface area (Å²) in [7, 11) is 0. The minimum absolute atomic E-state index is 0.0351. The van der Waals surface area contributed by atoms with Crippen molar-refractivity contribution in [2.24, 2.45) is 17.8 Å². The highest BCUT2D eigenvalue weighted by Gasteiger charge is 2.43. The highest BCUT2D eigenvalue weighted by Crippen LogP contribution is 2.51. The number of alkyl halides is 2. The number of hydrogen-bond donors (Lipinski definition) is 0. The third kappa shape index (κ3) is 3.11. The van der Waals surface area contributed by atoms with Crippen molar-refractivity contribution in [1.82, 2.24) is 0 Å². The molecule has 0 radical (unpaired) electrons. The maximum Gasteiger partial charge on any atom is 0.128 e. The lowest BCUT2D eigenvalue weighted by molar-refractivity contribution is -0.112. The van der Waals surface area contributed by atoms with E-state index in [9.17, 15) is 13.6 Å². The van der Waals surface area contributed by atoms with Crippen molar-refractivity contribution in [2.75, 3.05) is 6.61 Å². The van der Waals surface area contributed by atoms with E-state index in [-0.39, 0.29) is 24.7 Å². The summed E-state index contributed by atoms with van der Waals surface area (Å²) in [6.07, 6.45) is 4.24. The van der Waals surface area contributed by atoms with Crippen molar-refractivity contribution in [3.8, 4) is 0 Å². The van der Waals surface area contributed by atoms with Crippen molar-refractivity contribution in [3.05, 3.63) is 23.0 Å². The Labute approximate surface area is 130 Å². The Morgan fingerprint density at radius 1 is 1.32 bits per heavy atom. The maximum atomic E-state index is 14.5. The topological polar surface area (TPSA) is 26.3 Å². The number of rotatable bonds is 5. The third-order valence-electron chi connectivity index (χ3n) is 5.08. The zero-order valence-corrected chi connectivity index (χ0v) is 13.1. The molecule has 0 aromatic rings. The van der Waals surface area contributed by atoms with Crippen molar-refractivity contribution in [2.45, 2.75) is 57.8 Å². The highest BCUT2D eigenvalue weighted by atomic mass is 19.1. The van der Waals surface area contributed by atoms with Gasteiger partial charge in [-0.1, -0.05) is 6.08 Å². The Morgan fingerprint density at radius 3 is 2.68 bits per heavy atom. The van der Waals surface area contributed by atoms with Crippen LogP contribution >= 0.6 is 0 Å². The number of halogens is 2. The van der Waals surface area contributed by atoms with Gasteiger partial charge in [-0.05, 0) is 55.6 Å². The molecule has 0 spiro atoms. The summed E-state index contributed by atoms with van der Waals surface area (Å²) >= 11 is 0. The van der Waals surface area contributed by atoms with E-state index in [2.05, 4.69) is 0 Å². The Morgan fingerprint density at radius 2 is 2.09 bits per heavy atom. The molecule has 0 aromatic heterocycles. The van der Waals surface area contributed by atoms with Crippen LogP contribution in [-0.2, 0) is 9.53 Å². The van der Waals surface area contributed by atoms with Gasteiger partial charge in [-0.15, -0.1) is 0 Å². The van der Waals surface area contributed by atoms with Gasteiger partial charge >= 0.3 is 0 Å². The second-order valence-electron chi connectivity index (χ2n) is 6.75. The molecule has 0 unspecified atom stereocenters. The summed E-state index contributed by atoms with van der Waals surface area (Å²) < 4.78 is 33.7. The molecule has 3 aliphatic carbocycles. The van der Waals surface area contributed by atoms with Crippen molar-refractivity contribution < 1.29 is 18.3 Å². The molecule has 1 saturated carbocycles. The van der Waals surface area contributed by atoms with Crippen molar-refractivity contribution >= 4 is 6.29 Å². The lowest BCUT2D eigenvalue weighted by atomic mass is 9.73. The van der Waals surface area contributed by atoms with Crippen LogP contribution in [0.1, 0.15) is 45.4 Å². The van der Waals surface area contributed by atoms with Gasteiger partial charge in [0.15, 0.2) is 0 Å². The van der Waals surface area contributed by atoms with Crippen LogP contribution in [0.4, 0.5) is 8.78 Å². The normalized spacial score (nSPS) is 36.0. The van der Waals surface area contributed by atoms with Crippen LogP contribution in [0.25, 0.3) is 0 Å². The Balaban J connectivity index is 1.98. The average Bonchev–Trinajstić information content (AvgIpc) is 3.32. The van der Waals surface area contributed by atoms with Gasteiger partial charge in [0.1, 0.15) is 24.4 Å². The lowest BCUT2D eigenvalue weighted by Gasteiger charge is -2.35. The summed E-state index contributed by atoms with van der Waals surface area (Å²) in [5, 5.41) is 0. The molecule has 3 aliphatic rings. The van der Waals surface area contributed by atoms with Gasteiger partial charge in [0.2, 0.25) is 0 Å². The molecular weight excluding hydrogens is 286 g/mol. The van der Waals surface area contributed by atoms with Crippen molar-refractivity contribution in [1.29, 1.82) is 0 Å². The smallest absolute Gasteiger partial charge is 0.128 e. The molecule has 0 amide bonds. The minimum atomic E-state index is -1.25. The van der Waals surface area contributed by atoms with Gasteiger partial charge in [0.25, 0.3) is 0 Å². The predicted molar refractivity (Wildman–Crippen MR) is 80.8 cm³/mol. The zero-order valence-electron chi connectivity index (χ0n) is 13.1. The molecule has 0 saturated heterocycles. The lowest BCUT2D eigenvalue weighted by Crippen LogP contribution is -2.29. The molecule has 0 N–H and O–H groups in total.